The second-order valence-corrected chi connectivity index (χ2v) is 4.39. The van der Waals surface area contributed by atoms with Crippen LogP contribution >= 0.6 is 23.2 Å². The van der Waals surface area contributed by atoms with Crippen LogP contribution in [0.15, 0.2) is 29.1 Å². The van der Waals surface area contributed by atoms with Crippen LogP contribution in [0.4, 0.5) is 0 Å². The zero-order valence-electron chi connectivity index (χ0n) is 9.84. The second-order valence-electron chi connectivity index (χ2n) is 3.58. The Kier molecular flexibility index (Phi) is 6.15. The molecule has 0 spiro atoms. The molecule has 0 aliphatic heterocycles. The number of hydrogen-bond acceptors (Lipinski definition) is 2. The average molecular weight is 309 g/mol. The Balaban J connectivity index is 0.00000162. The number of aromatic amines is 1. The molecule has 0 amide bonds. The van der Waals surface area contributed by atoms with Gasteiger partial charge in [0.2, 0.25) is 0 Å². The maximum atomic E-state index is 10.9. The van der Waals surface area contributed by atoms with E-state index in [4.69, 9.17) is 23.2 Å². The van der Waals surface area contributed by atoms with Crippen LogP contribution in [0.2, 0.25) is 10.0 Å². The van der Waals surface area contributed by atoms with Crippen molar-refractivity contribution in [3.05, 3.63) is 50.2 Å². The molecular formula is C12H10CaCl2N2O. The average Bonchev–Trinajstić information content (AvgIpc) is 2.29. The molecule has 0 fully saturated rings. The molecular weight excluding hydrogens is 299 g/mol. The first kappa shape index (κ1) is 16.0. The Bertz CT molecular complexity index is 570. The second kappa shape index (κ2) is 6.92. The van der Waals surface area contributed by atoms with Crippen molar-refractivity contribution < 1.29 is 0 Å². The molecule has 18 heavy (non-hydrogen) atoms. The number of H-pyrrole nitrogens is 1. The predicted molar refractivity (Wildman–Crippen MR) is 75.4 cm³/mol. The van der Waals surface area contributed by atoms with E-state index >= 15 is 0 Å². The van der Waals surface area contributed by atoms with Gasteiger partial charge in [0.1, 0.15) is 0 Å². The predicted octanol–water partition coefficient (Wildman–Crippen LogP) is 2.93. The van der Waals surface area contributed by atoms with Gasteiger partial charge in [-0.3, -0.25) is 4.79 Å². The molecule has 1 aromatic carbocycles. The molecule has 0 saturated carbocycles. The van der Waals surface area contributed by atoms with E-state index in [-0.39, 0.29) is 43.3 Å². The van der Waals surface area contributed by atoms with E-state index in [1.54, 1.807) is 18.2 Å². The van der Waals surface area contributed by atoms with Crippen molar-refractivity contribution in [2.75, 3.05) is 0 Å². The van der Waals surface area contributed by atoms with Gasteiger partial charge >= 0.3 is 0 Å². The molecule has 90 valence electrons. The first-order chi connectivity index (χ1) is 8.11. The number of nitrogens with zero attached hydrogens (tertiary/aromatic N) is 1. The van der Waals surface area contributed by atoms with Crippen molar-refractivity contribution in [1.82, 2.24) is 10.2 Å². The van der Waals surface area contributed by atoms with Gasteiger partial charge in [0.05, 0.1) is 5.69 Å². The van der Waals surface area contributed by atoms with Gasteiger partial charge in [0.25, 0.3) is 5.56 Å². The van der Waals surface area contributed by atoms with Crippen molar-refractivity contribution in [3.8, 4) is 11.3 Å². The molecule has 3 nitrogen and oxygen atoms in total. The van der Waals surface area contributed by atoms with Gasteiger partial charge in [-0.05, 0) is 30.2 Å². The third-order valence-corrected chi connectivity index (χ3v) is 3.14. The van der Waals surface area contributed by atoms with E-state index in [9.17, 15) is 4.79 Å². The van der Waals surface area contributed by atoms with Crippen LogP contribution in [0.25, 0.3) is 11.3 Å². The molecule has 0 saturated heterocycles. The monoisotopic (exact) mass is 308 g/mol. The number of rotatable bonds is 2. The van der Waals surface area contributed by atoms with Gasteiger partial charge < -0.3 is 0 Å². The molecule has 1 aromatic heterocycles. The molecule has 0 aliphatic rings. The summed E-state index contributed by atoms with van der Waals surface area (Å²) in [5.74, 6) is 0. The van der Waals surface area contributed by atoms with E-state index in [1.165, 1.54) is 6.07 Å². The number of halogens is 2. The molecule has 2 radical (unpaired) electrons. The van der Waals surface area contributed by atoms with Crippen LogP contribution in [0.3, 0.4) is 0 Å². The third kappa shape index (κ3) is 3.49. The maximum Gasteiger partial charge on any atom is 0.264 e. The smallest absolute Gasteiger partial charge is 0.264 e. The number of benzene rings is 1. The first-order valence-electron chi connectivity index (χ1n) is 5.16. The Morgan fingerprint density at radius 3 is 2.28 bits per heavy atom. The SMILES string of the molecule is CCc1c(Cl)cc(-c2ccc(=O)[nH]n2)cc1Cl.[Ca]. The van der Waals surface area contributed by atoms with Crippen LogP contribution in [0, 0.1) is 0 Å². The standard InChI is InChI=1S/C12H10Cl2N2O.Ca/c1-2-8-9(13)5-7(6-10(8)14)11-3-4-12(17)16-15-11;/h3-6H,2H2,1H3,(H,16,17);. The minimum Gasteiger partial charge on any atom is -0.268 e. The summed E-state index contributed by atoms with van der Waals surface area (Å²) in [6.45, 7) is 1.99. The van der Waals surface area contributed by atoms with Crippen molar-refractivity contribution >= 4 is 60.9 Å². The fourth-order valence-electron chi connectivity index (χ4n) is 1.59. The Morgan fingerprint density at radius 1 is 1.22 bits per heavy atom. The summed E-state index contributed by atoms with van der Waals surface area (Å²) >= 11 is 12.3. The minimum absolute atomic E-state index is 0. The molecule has 0 bridgehead atoms. The van der Waals surface area contributed by atoms with E-state index in [2.05, 4.69) is 10.2 Å². The molecule has 0 unspecified atom stereocenters. The topological polar surface area (TPSA) is 45.8 Å². The molecule has 0 aliphatic carbocycles. The van der Waals surface area contributed by atoms with E-state index < -0.39 is 0 Å². The summed E-state index contributed by atoms with van der Waals surface area (Å²) in [5.41, 5.74) is 2.10. The summed E-state index contributed by atoms with van der Waals surface area (Å²) < 4.78 is 0. The summed E-state index contributed by atoms with van der Waals surface area (Å²) in [4.78, 5) is 10.9. The summed E-state index contributed by atoms with van der Waals surface area (Å²) in [6, 6.07) is 6.64. The van der Waals surface area contributed by atoms with Crippen molar-refractivity contribution in [3.63, 3.8) is 0 Å². The largest absolute Gasteiger partial charge is 0.268 e. The fraction of sp³-hybridized carbons (Fsp3) is 0.167. The Labute approximate surface area is 145 Å². The molecule has 1 N–H and O–H groups in total. The third-order valence-electron chi connectivity index (χ3n) is 2.47. The molecule has 2 rings (SSSR count). The van der Waals surface area contributed by atoms with Gasteiger partial charge in [0, 0.05) is 59.4 Å². The number of nitrogens with one attached hydrogen (secondary N) is 1. The minimum atomic E-state index is -0.240. The van der Waals surface area contributed by atoms with Crippen molar-refractivity contribution in [2.24, 2.45) is 0 Å². The number of hydrogen-bond donors (Lipinski definition) is 1. The summed E-state index contributed by atoms with van der Waals surface area (Å²) in [5, 5.41) is 7.53. The number of aromatic nitrogens is 2. The molecule has 6 heteroatoms. The van der Waals surface area contributed by atoms with Crippen LogP contribution < -0.4 is 5.56 Å². The molecule has 1 heterocycles. The Hall–Kier alpha value is -0.0603. The zero-order valence-corrected chi connectivity index (χ0v) is 13.6. The van der Waals surface area contributed by atoms with Gasteiger partial charge in [-0.15, -0.1) is 0 Å². The Morgan fingerprint density at radius 2 is 1.83 bits per heavy atom. The fourth-order valence-corrected chi connectivity index (χ4v) is 2.35. The quantitative estimate of drug-likeness (QED) is 0.867. The maximum absolute atomic E-state index is 10.9. The summed E-state index contributed by atoms with van der Waals surface area (Å²) in [6.07, 6.45) is 0.775. The van der Waals surface area contributed by atoms with Crippen LogP contribution in [0.5, 0.6) is 0 Å². The summed E-state index contributed by atoms with van der Waals surface area (Å²) in [7, 11) is 0. The molecule has 2 aromatic rings. The van der Waals surface area contributed by atoms with Gasteiger partial charge in [0.15, 0.2) is 0 Å². The van der Waals surface area contributed by atoms with Crippen LogP contribution in [0.1, 0.15) is 12.5 Å². The normalized spacial score (nSPS) is 9.94. The van der Waals surface area contributed by atoms with E-state index in [1.807, 2.05) is 6.92 Å². The van der Waals surface area contributed by atoms with Crippen LogP contribution in [-0.4, -0.2) is 47.9 Å². The zero-order chi connectivity index (χ0) is 12.4. The van der Waals surface area contributed by atoms with E-state index in [0.29, 0.717) is 15.7 Å². The van der Waals surface area contributed by atoms with Crippen LogP contribution in [-0.2, 0) is 6.42 Å². The van der Waals surface area contributed by atoms with Gasteiger partial charge in [-0.2, -0.15) is 5.10 Å². The molecule has 0 atom stereocenters. The van der Waals surface area contributed by atoms with Crippen molar-refractivity contribution in [1.29, 1.82) is 0 Å². The first-order valence-corrected chi connectivity index (χ1v) is 5.91. The van der Waals surface area contributed by atoms with Gasteiger partial charge in [-0.25, -0.2) is 5.10 Å². The van der Waals surface area contributed by atoms with E-state index in [0.717, 1.165) is 17.5 Å². The van der Waals surface area contributed by atoms with Crippen molar-refractivity contribution in [2.45, 2.75) is 13.3 Å². The van der Waals surface area contributed by atoms with Gasteiger partial charge in [-0.1, -0.05) is 30.1 Å².